The molecule has 0 radical (unpaired) electrons. The van der Waals surface area contributed by atoms with Crippen molar-refractivity contribution in [1.82, 2.24) is 4.90 Å². The van der Waals surface area contributed by atoms with Gasteiger partial charge in [0.25, 0.3) is 0 Å². The first-order valence-electron chi connectivity index (χ1n) is 2.70. The summed E-state index contributed by atoms with van der Waals surface area (Å²) in [6.45, 7) is 2.47. The van der Waals surface area contributed by atoms with Gasteiger partial charge in [-0.15, -0.1) is 0 Å². The molecule has 9 heavy (non-hydrogen) atoms. The minimum Gasteiger partial charge on any atom is -0.277 e. The highest BCUT2D eigenvalue weighted by Crippen LogP contribution is 2.03. The van der Waals surface area contributed by atoms with Gasteiger partial charge in [0.05, 0.1) is 6.54 Å². The molecule has 1 heterocycles. The highest BCUT2D eigenvalue weighted by Gasteiger charge is 2.03. The molecule has 3 nitrogen and oxygen atoms in total. The fourth-order valence-corrected chi connectivity index (χ4v) is 0.623. The molecule has 0 aromatic rings. The van der Waals surface area contributed by atoms with E-state index < -0.39 is 0 Å². The topological polar surface area (TPSA) is 39.4 Å². The molecule has 0 bridgehead atoms. The second-order valence-corrected chi connectivity index (χ2v) is 1.81. The Morgan fingerprint density at radius 2 is 2.67 bits per heavy atom. The first-order valence-corrected chi connectivity index (χ1v) is 2.70. The average molecular weight is 121 g/mol. The predicted octanol–water partition coefficient (Wildman–Crippen LogP) is 0.715. The number of nitriles is 1. The molecule has 0 aromatic carbocycles. The lowest BCUT2D eigenvalue weighted by atomic mass is 10.4. The summed E-state index contributed by atoms with van der Waals surface area (Å²) in [5, 5.41) is 8.43. The van der Waals surface area contributed by atoms with Crippen LogP contribution >= 0.6 is 0 Å². The molecule has 46 valence electrons. The minimum absolute atomic E-state index is 0.610. The van der Waals surface area contributed by atoms with Gasteiger partial charge in [-0.1, -0.05) is 0 Å². The Hall–Kier alpha value is -1.30. The molecule has 0 aromatic heterocycles. The summed E-state index contributed by atoms with van der Waals surface area (Å²) in [5.74, 6) is 0. The van der Waals surface area contributed by atoms with Gasteiger partial charge in [-0.3, -0.25) is 9.89 Å². The highest BCUT2D eigenvalue weighted by atomic mass is 15.1. The van der Waals surface area contributed by atoms with Crippen molar-refractivity contribution in [2.45, 2.75) is 6.92 Å². The summed E-state index contributed by atoms with van der Waals surface area (Å²) in [4.78, 5) is 5.45. The molecule has 0 saturated carbocycles. The highest BCUT2D eigenvalue weighted by molar-refractivity contribution is 5.62. The second kappa shape index (κ2) is 2.31. The molecule has 0 fully saturated rings. The summed E-state index contributed by atoms with van der Waals surface area (Å²) in [5.41, 5.74) is 0.903. The van der Waals surface area contributed by atoms with Gasteiger partial charge in [0.2, 0.25) is 0 Å². The van der Waals surface area contributed by atoms with E-state index in [0.717, 1.165) is 5.70 Å². The first kappa shape index (κ1) is 5.83. The molecule has 0 N–H and O–H groups in total. The van der Waals surface area contributed by atoms with Crippen LogP contribution in [0.2, 0.25) is 0 Å². The van der Waals surface area contributed by atoms with Crippen molar-refractivity contribution >= 4 is 6.21 Å². The third-order valence-corrected chi connectivity index (χ3v) is 1.18. The Morgan fingerprint density at radius 3 is 3.11 bits per heavy atom. The van der Waals surface area contributed by atoms with Crippen molar-refractivity contribution in [3.8, 4) is 6.19 Å². The smallest absolute Gasteiger partial charge is 0.184 e. The summed E-state index contributed by atoms with van der Waals surface area (Å²) in [7, 11) is 0. The van der Waals surface area contributed by atoms with E-state index in [1.54, 1.807) is 17.3 Å². The Kier molecular flexibility index (Phi) is 1.50. The lowest BCUT2D eigenvalue weighted by molar-refractivity contribution is 0.547. The number of nitrogens with zero attached hydrogens (tertiary/aromatic N) is 3. The maximum atomic E-state index is 8.43. The first-order chi connectivity index (χ1) is 4.34. The number of hydrogen-bond donors (Lipinski definition) is 0. The fraction of sp³-hybridized carbons (Fsp3) is 0.333. The zero-order chi connectivity index (χ0) is 6.69. The number of hydrogen-bond acceptors (Lipinski definition) is 3. The SMILES string of the molecule is CC1=CN=CCN1C#N. The van der Waals surface area contributed by atoms with E-state index in [-0.39, 0.29) is 0 Å². The molecule has 0 saturated heterocycles. The monoisotopic (exact) mass is 121 g/mol. The standard InChI is InChI=1S/C6H7N3/c1-6-4-8-2-3-9(6)5-7/h2,4H,3H2,1H3. The van der Waals surface area contributed by atoms with Gasteiger partial charge in [0.15, 0.2) is 6.19 Å². The van der Waals surface area contributed by atoms with Gasteiger partial charge in [0, 0.05) is 18.1 Å². The molecule has 0 unspecified atom stereocenters. The zero-order valence-electron chi connectivity index (χ0n) is 5.20. The summed E-state index contributed by atoms with van der Waals surface area (Å²) in [6, 6.07) is 0. The van der Waals surface area contributed by atoms with Gasteiger partial charge < -0.3 is 0 Å². The van der Waals surface area contributed by atoms with Gasteiger partial charge in [-0.25, -0.2) is 0 Å². The van der Waals surface area contributed by atoms with Crippen LogP contribution in [-0.2, 0) is 0 Å². The largest absolute Gasteiger partial charge is 0.277 e. The van der Waals surface area contributed by atoms with Crippen molar-refractivity contribution in [3.63, 3.8) is 0 Å². The quantitative estimate of drug-likeness (QED) is 0.443. The van der Waals surface area contributed by atoms with E-state index in [9.17, 15) is 0 Å². The Morgan fingerprint density at radius 1 is 1.89 bits per heavy atom. The van der Waals surface area contributed by atoms with Crippen molar-refractivity contribution < 1.29 is 0 Å². The molecule has 1 aliphatic heterocycles. The van der Waals surface area contributed by atoms with Crippen molar-refractivity contribution in [1.29, 1.82) is 5.26 Å². The Bertz CT molecular complexity index is 197. The van der Waals surface area contributed by atoms with Gasteiger partial charge >= 0.3 is 0 Å². The molecular formula is C6H7N3. The number of allylic oxidation sites excluding steroid dienone is 1. The third-order valence-electron chi connectivity index (χ3n) is 1.18. The van der Waals surface area contributed by atoms with Crippen LogP contribution < -0.4 is 0 Å². The molecule has 0 amide bonds. The Balaban J connectivity index is 2.73. The molecule has 1 aliphatic rings. The van der Waals surface area contributed by atoms with E-state index in [0.29, 0.717) is 6.54 Å². The van der Waals surface area contributed by atoms with Crippen LogP contribution in [0.3, 0.4) is 0 Å². The van der Waals surface area contributed by atoms with E-state index in [4.69, 9.17) is 5.26 Å². The molecule has 0 spiro atoms. The van der Waals surface area contributed by atoms with Crippen LogP contribution in [0.1, 0.15) is 6.92 Å². The molecule has 1 rings (SSSR count). The maximum Gasteiger partial charge on any atom is 0.184 e. The van der Waals surface area contributed by atoms with E-state index in [2.05, 4.69) is 4.99 Å². The zero-order valence-corrected chi connectivity index (χ0v) is 5.20. The van der Waals surface area contributed by atoms with Crippen molar-refractivity contribution in [3.05, 3.63) is 11.9 Å². The number of aliphatic imine (C=N–C) groups is 1. The van der Waals surface area contributed by atoms with Crippen LogP contribution in [0.15, 0.2) is 16.9 Å². The Labute approximate surface area is 53.9 Å². The second-order valence-electron chi connectivity index (χ2n) is 1.81. The number of rotatable bonds is 0. The lowest BCUT2D eigenvalue weighted by Crippen LogP contribution is -2.19. The van der Waals surface area contributed by atoms with Crippen molar-refractivity contribution in [2.75, 3.05) is 6.54 Å². The lowest BCUT2D eigenvalue weighted by Gasteiger charge is -2.14. The summed E-state index contributed by atoms with van der Waals surface area (Å²) >= 11 is 0. The van der Waals surface area contributed by atoms with Crippen LogP contribution in [0.4, 0.5) is 0 Å². The van der Waals surface area contributed by atoms with Crippen molar-refractivity contribution in [2.24, 2.45) is 4.99 Å². The predicted molar refractivity (Wildman–Crippen MR) is 34.6 cm³/mol. The van der Waals surface area contributed by atoms with E-state index in [1.807, 2.05) is 13.1 Å². The maximum absolute atomic E-state index is 8.43. The van der Waals surface area contributed by atoms with Crippen LogP contribution in [0.5, 0.6) is 0 Å². The normalized spacial score (nSPS) is 16.9. The van der Waals surface area contributed by atoms with E-state index >= 15 is 0 Å². The average Bonchev–Trinajstić information content (AvgIpc) is 1.89. The molecule has 0 atom stereocenters. The van der Waals surface area contributed by atoms with Gasteiger partial charge in [-0.05, 0) is 6.92 Å². The minimum atomic E-state index is 0.610. The fourth-order valence-electron chi connectivity index (χ4n) is 0.623. The van der Waals surface area contributed by atoms with Crippen LogP contribution in [0, 0.1) is 11.5 Å². The van der Waals surface area contributed by atoms with E-state index in [1.165, 1.54) is 0 Å². The molecule has 3 heteroatoms. The van der Waals surface area contributed by atoms with Gasteiger partial charge in [0.1, 0.15) is 0 Å². The van der Waals surface area contributed by atoms with Gasteiger partial charge in [-0.2, -0.15) is 5.26 Å². The molecule has 0 aliphatic carbocycles. The molecular weight excluding hydrogens is 114 g/mol. The van der Waals surface area contributed by atoms with Crippen LogP contribution in [-0.4, -0.2) is 17.7 Å². The summed E-state index contributed by atoms with van der Waals surface area (Å²) in [6.07, 6.45) is 5.41. The summed E-state index contributed by atoms with van der Waals surface area (Å²) < 4.78 is 0. The van der Waals surface area contributed by atoms with Crippen LogP contribution in [0.25, 0.3) is 0 Å². The third kappa shape index (κ3) is 1.08.